The summed E-state index contributed by atoms with van der Waals surface area (Å²) < 4.78 is 11.0. The van der Waals surface area contributed by atoms with Crippen molar-refractivity contribution in [1.29, 1.82) is 0 Å². The largest absolute Gasteiger partial charge is 0.478 e. The highest BCUT2D eigenvalue weighted by Crippen LogP contribution is 2.26. The van der Waals surface area contributed by atoms with E-state index in [0.29, 0.717) is 17.4 Å². The molecule has 0 saturated heterocycles. The lowest BCUT2D eigenvalue weighted by Gasteiger charge is -2.28. The Balaban J connectivity index is 1.75. The average Bonchev–Trinajstić information content (AvgIpc) is 2.85. The molecule has 1 heterocycles. The second-order valence-electron chi connectivity index (χ2n) is 5.88. The Bertz CT molecular complexity index is 537. The molecule has 1 aliphatic carbocycles. The third kappa shape index (κ3) is 4.34. The van der Waals surface area contributed by atoms with Gasteiger partial charge in [0.25, 0.3) is 0 Å². The van der Waals surface area contributed by atoms with Crippen LogP contribution >= 0.6 is 0 Å². The lowest BCUT2D eigenvalue weighted by atomic mass is 9.88. The van der Waals surface area contributed by atoms with Crippen LogP contribution in [-0.2, 0) is 16.1 Å². The number of carbonyl (C=O) groups is 2. The zero-order chi connectivity index (χ0) is 16.1. The van der Waals surface area contributed by atoms with Gasteiger partial charge < -0.3 is 19.6 Å². The van der Waals surface area contributed by atoms with Crippen LogP contribution in [0.3, 0.4) is 0 Å². The van der Waals surface area contributed by atoms with E-state index in [1.807, 2.05) is 0 Å². The zero-order valence-corrected chi connectivity index (χ0v) is 13.1. The van der Waals surface area contributed by atoms with E-state index >= 15 is 0 Å². The predicted molar refractivity (Wildman–Crippen MR) is 79.6 cm³/mol. The summed E-state index contributed by atoms with van der Waals surface area (Å²) in [6, 6.07) is 1.43. The van der Waals surface area contributed by atoms with Crippen LogP contribution in [0.4, 0.5) is 0 Å². The Morgan fingerprint density at radius 2 is 2.14 bits per heavy atom. The molecule has 1 aliphatic rings. The number of amides is 1. The number of rotatable bonds is 6. The van der Waals surface area contributed by atoms with Crippen molar-refractivity contribution in [2.45, 2.75) is 52.2 Å². The lowest BCUT2D eigenvalue weighted by Crippen LogP contribution is -2.32. The van der Waals surface area contributed by atoms with Crippen molar-refractivity contribution < 1.29 is 23.8 Å². The molecule has 2 N–H and O–H groups in total. The molecule has 0 bridgehead atoms. The molecule has 0 spiro atoms. The van der Waals surface area contributed by atoms with Crippen LogP contribution in [0.5, 0.6) is 0 Å². The van der Waals surface area contributed by atoms with E-state index in [-0.39, 0.29) is 30.7 Å². The van der Waals surface area contributed by atoms with Crippen molar-refractivity contribution in [3.05, 3.63) is 23.2 Å². The van der Waals surface area contributed by atoms with Crippen LogP contribution in [0.1, 0.15) is 54.5 Å². The first-order chi connectivity index (χ1) is 10.5. The minimum absolute atomic E-state index is 0.0283. The van der Waals surface area contributed by atoms with Crippen molar-refractivity contribution in [3.8, 4) is 0 Å². The molecule has 1 fully saturated rings. The van der Waals surface area contributed by atoms with Crippen molar-refractivity contribution in [2.75, 3.05) is 6.61 Å². The fourth-order valence-electron chi connectivity index (χ4n) is 2.79. The Morgan fingerprint density at radius 3 is 2.77 bits per heavy atom. The number of nitrogens with one attached hydrogen (secondary N) is 1. The number of furan rings is 1. The normalized spacial score (nSPS) is 21.5. The van der Waals surface area contributed by atoms with Gasteiger partial charge in [-0.15, -0.1) is 0 Å². The van der Waals surface area contributed by atoms with Gasteiger partial charge in [0.05, 0.1) is 12.6 Å². The number of aryl methyl sites for hydroxylation is 1. The maximum atomic E-state index is 11.8. The van der Waals surface area contributed by atoms with E-state index < -0.39 is 5.97 Å². The summed E-state index contributed by atoms with van der Waals surface area (Å²) in [5.41, 5.74) is 0.122. The summed E-state index contributed by atoms with van der Waals surface area (Å²) in [5.74, 6) is 0.00265. The van der Waals surface area contributed by atoms with Gasteiger partial charge in [-0.25, -0.2) is 4.79 Å². The molecule has 1 saturated carbocycles. The van der Waals surface area contributed by atoms with Gasteiger partial charge in [-0.05, 0) is 31.7 Å². The van der Waals surface area contributed by atoms with Crippen LogP contribution < -0.4 is 5.32 Å². The summed E-state index contributed by atoms with van der Waals surface area (Å²) in [4.78, 5) is 22.7. The monoisotopic (exact) mass is 309 g/mol. The number of carboxylic acid groups (broad SMARTS) is 1. The number of carboxylic acids is 1. The minimum atomic E-state index is -1.03. The molecule has 2 atom stereocenters. The fraction of sp³-hybridized carbons (Fsp3) is 0.625. The first-order valence-corrected chi connectivity index (χ1v) is 7.68. The molecule has 1 amide bonds. The Labute approximate surface area is 129 Å². The van der Waals surface area contributed by atoms with Crippen LogP contribution in [0.15, 0.2) is 10.5 Å². The second-order valence-corrected chi connectivity index (χ2v) is 5.88. The molecule has 1 aromatic rings. The summed E-state index contributed by atoms with van der Waals surface area (Å²) in [6.07, 6.45) is 4.70. The summed E-state index contributed by atoms with van der Waals surface area (Å²) in [6.45, 7) is 3.93. The molecule has 6 nitrogen and oxygen atoms in total. The van der Waals surface area contributed by atoms with E-state index in [4.69, 9.17) is 14.3 Å². The van der Waals surface area contributed by atoms with Crippen molar-refractivity contribution in [1.82, 2.24) is 5.32 Å². The first-order valence-electron chi connectivity index (χ1n) is 7.68. The molecule has 0 aromatic carbocycles. The van der Waals surface area contributed by atoms with Gasteiger partial charge in [-0.2, -0.15) is 0 Å². The quantitative estimate of drug-likeness (QED) is 0.843. The molecule has 2 rings (SSSR count). The number of carbonyl (C=O) groups excluding carboxylic acids is 1. The van der Waals surface area contributed by atoms with Crippen molar-refractivity contribution in [3.63, 3.8) is 0 Å². The van der Waals surface area contributed by atoms with E-state index in [9.17, 15) is 9.59 Å². The van der Waals surface area contributed by atoms with Gasteiger partial charge in [0, 0.05) is 0 Å². The Morgan fingerprint density at radius 1 is 1.41 bits per heavy atom. The highest BCUT2D eigenvalue weighted by molar-refractivity contribution is 5.88. The van der Waals surface area contributed by atoms with Gasteiger partial charge in [0.15, 0.2) is 0 Å². The van der Waals surface area contributed by atoms with E-state index in [0.717, 1.165) is 19.3 Å². The van der Waals surface area contributed by atoms with Gasteiger partial charge in [0.1, 0.15) is 23.7 Å². The van der Waals surface area contributed by atoms with Crippen molar-refractivity contribution >= 4 is 11.9 Å². The standard InChI is InChI=1S/C16H23NO5/c1-10-5-3-4-6-14(10)21-9-15(18)17-8-12-7-13(16(19)20)11(2)22-12/h7,10,14H,3-6,8-9H2,1-2H3,(H,17,18)(H,19,20). The second kappa shape index (κ2) is 7.45. The van der Waals surface area contributed by atoms with Gasteiger partial charge in [-0.1, -0.05) is 19.8 Å². The average molecular weight is 309 g/mol. The molecule has 0 aliphatic heterocycles. The van der Waals surface area contributed by atoms with Crippen LogP contribution in [0.2, 0.25) is 0 Å². The SMILES string of the molecule is Cc1oc(CNC(=O)COC2CCCCC2C)cc1C(=O)O. The molecular weight excluding hydrogens is 286 g/mol. The summed E-state index contributed by atoms with van der Waals surface area (Å²) >= 11 is 0. The van der Waals surface area contributed by atoms with Crippen LogP contribution in [0, 0.1) is 12.8 Å². The summed E-state index contributed by atoms with van der Waals surface area (Å²) in [5, 5.41) is 11.6. The molecule has 1 aromatic heterocycles. The van der Waals surface area contributed by atoms with E-state index in [1.54, 1.807) is 6.92 Å². The van der Waals surface area contributed by atoms with Crippen LogP contribution in [-0.4, -0.2) is 29.7 Å². The van der Waals surface area contributed by atoms with Crippen LogP contribution in [0.25, 0.3) is 0 Å². The third-order valence-corrected chi connectivity index (χ3v) is 4.12. The topological polar surface area (TPSA) is 88.8 Å². The highest BCUT2D eigenvalue weighted by atomic mass is 16.5. The number of ether oxygens (including phenoxy) is 1. The Hall–Kier alpha value is -1.82. The molecule has 22 heavy (non-hydrogen) atoms. The Kier molecular flexibility index (Phi) is 5.60. The van der Waals surface area contributed by atoms with E-state index in [2.05, 4.69) is 12.2 Å². The molecule has 6 heteroatoms. The third-order valence-electron chi connectivity index (χ3n) is 4.12. The number of hydrogen-bond acceptors (Lipinski definition) is 4. The maximum Gasteiger partial charge on any atom is 0.339 e. The first kappa shape index (κ1) is 16.5. The number of hydrogen-bond donors (Lipinski definition) is 2. The molecular formula is C16H23NO5. The van der Waals surface area contributed by atoms with Gasteiger partial charge in [0.2, 0.25) is 5.91 Å². The smallest absolute Gasteiger partial charge is 0.339 e. The zero-order valence-electron chi connectivity index (χ0n) is 13.1. The lowest BCUT2D eigenvalue weighted by molar-refractivity contribution is -0.129. The molecule has 122 valence electrons. The van der Waals surface area contributed by atoms with Gasteiger partial charge >= 0.3 is 5.97 Å². The highest BCUT2D eigenvalue weighted by Gasteiger charge is 2.22. The maximum absolute atomic E-state index is 11.8. The summed E-state index contributed by atoms with van der Waals surface area (Å²) in [7, 11) is 0. The van der Waals surface area contributed by atoms with Crippen molar-refractivity contribution in [2.24, 2.45) is 5.92 Å². The van der Waals surface area contributed by atoms with E-state index in [1.165, 1.54) is 12.5 Å². The minimum Gasteiger partial charge on any atom is -0.478 e. The fourth-order valence-corrected chi connectivity index (χ4v) is 2.79. The predicted octanol–water partition coefficient (Wildman–Crippen LogP) is 2.50. The molecule has 2 unspecified atom stereocenters. The number of aromatic carboxylic acids is 1. The van der Waals surface area contributed by atoms with Gasteiger partial charge in [-0.3, -0.25) is 4.79 Å². The molecule has 0 radical (unpaired) electrons.